The number of nitrogens with zero attached hydrogens (tertiary/aromatic N) is 3. The monoisotopic (exact) mass is 701 g/mol. The van der Waals surface area contributed by atoms with E-state index in [0.29, 0.717) is 30.1 Å². The third-order valence-corrected chi connectivity index (χ3v) is 13.3. The summed E-state index contributed by atoms with van der Waals surface area (Å²) in [6, 6.07) is 9.87. The number of rotatable bonds is 11. The Balaban J connectivity index is 1.19. The van der Waals surface area contributed by atoms with Crippen molar-refractivity contribution in [3.05, 3.63) is 63.0 Å². The number of thiophene rings is 2. The van der Waals surface area contributed by atoms with Crippen molar-refractivity contribution >= 4 is 71.8 Å². The van der Waals surface area contributed by atoms with Crippen LogP contribution in [0.4, 0.5) is 5.69 Å². The molecule has 0 spiro atoms. The van der Waals surface area contributed by atoms with Crippen LogP contribution in [0.25, 0.3) is 9.75 Å². The van der Waals surface area contributed by atoms with Crippen molar-refractivity contribution in [1.82, 2.24) is 19.2 Å². The maximum absolute atomic E-state index is 13.3. The summed E-state index contributed by atoms with van der Waals surface area (Å²) >= 11 is 8.40. The number of amides is 2. The number of piperidine rings is 1. The summed E-state index contributed by atoms with van der Waals surface area (Å²) in [4.78, 5) is 41.0. The zero-order valence-corrected chi connectivity index (χ0v) is 27.1. The number of nitro benzene ring substituents is 1. The average Bonchev–Trinajstić information content (AvgIpc) is 3.75. The van der Waals surface area contributed by atoms with Crippen LogP contribution in [0.5, 0.6) is 0 Å². The number of non-ortho nitro benzene ring substituents is 1. The second kappa shape index (κ2) is 13.2. The zero-order valence-electron chi connectivity index (χ0n) is 23.0. The molecule has 1 aromatic carbocycles. The molecular formula is C26H28ClN5O8S4. The van der Waals surface area contributed by atoms with Gasteiger partial charge in [-0.3, -0.25) is 19.7 Å². The SMILES string of the molecule is O=C1C(NS(=O)(=O)c2ccc(-c3ccc(Cl)s3)s2)CCCN1CC(=O)N1CCCC1CNS(=O)(=O)c1cccc([N+](=O)[O-])c1. The second-order valence-corrected chi connectivity index (χ2v) is 16.8. The van der Waals surface area contributed by atoms with Gasteiger partial charge in [-0.25, -0.2) is 21.6 Å². The number of carbonyl (C=O) groups is 2. The van der Waals surface area contributed by atoms with E-state index in [0.717, 1.165) is 27.2 Å². The fourth-order valence-corrected chi connectivity index (χ4v) is 9.97. The molecule has 2 N–H and O–H groups in total. The summed E-state index contributed by atoms with van der Waals surface area (Å²) in [5.41, 5.74) is -0.360. The number of halogens is 1. The summed E-state index contributed by atoms with van der Waals surface area (Å²) in [5, 5.41) is 11.0. The average molecular weight is 702 g/mol. The van der Waals surface area contributed by atoms with Crippen molar-refractivity contribution in [1.29, 1.82) is 0 Å². The van der Waals surface area contributed by atoms with Gasteiger partial charge in [0.1, 0.15) is 10.3 Å². The van der Waals surface area contributed by atoms with E-state index in [-0.39, 0.29) is 46.8 Å². The normalized spacial score (nSPS) is 19.4. The van der Waals surface area contributed by atoms with E-state index in [1.54, 1.807) is 18.2 Å². The number of benzene rings is 1. The fourth-order valence-electron chi connectivity index (χ4n) is 5.18. The number of hydrogen-bond acceptors (Lipinski definition) is 10. The molecule has 2 amide bonds. The predicted molar refractivity (Wildman–Crippen MR) is 166 cm³/mol. The highest BCUT2D eigenvalue weighted by molar-refractivity contribution is 7.91. The maximum atomic E-state index is 13.3. The molecule has 13 nitrogen and oxygen atoms in total. The van der Waals surface area contributed by atoms with E-state index in [4.69, 9.17) is 11.6 Å². The van der Waals surface area contributed by atoms with E-state index in [1.165, 1.54) is 45.4 Å². The molecule has 5 rings (SSSR count). The van der Waals surface area contributed by atoms with Crippen LogP contribution < -0.4 is 9.44 Å². The third kappa shape index (κ3) is 7.30. The van der Waals surface area contributed by atoms with Gasteiger partial charge in [0, 0.05) is 47.6 Å². The smallest absolute Gasteiger partial charge is 0.270 e. The Kier molecular flexibility index (Phi) is 9.74. The van der Waals surface area contributed by atoms with Crippen molar-refractivity contribution in [2.75, 3.05) is 26.2 Å². The number of hydrogen-bond donors (Lipinski definition) is 2. The van der Waals surface area contributed by atoms with Gasteiger partial charge in [0.05, 0.1) is 20.7 Å². The Hall–Kier alpha value is -2.93. The van der Waals surface area contributed by atoms with Crippen LogP contribution >= 0.6 is 34.3 Å². The van der Waals surface area contributed by atoms with Crippen LogP contribution in [0.15, 0.2) is 57.6 Å². The maximum Gasteiger partial charge on any atom is 0.270 e. The van der Waals surface area contributed by atoms with Crippen LogP contribution in [-0.2, 0) is 29.6 Å². The summed E-state index contributed by atoms with van der Waals surface area (Å²) < 4.78 is 57.4. The minimum atomic E-state index is -4.08. The summed E-state index contributed by atoms with van der Waals surface area (Å²) in [5.74, 6) is -0.881. The molecule has 0 bridgehead atoms. The molecule has 2 unspecified atom stereocenters. The van der Waals surface area contributed by atoms with Gasteiger partial charge in [-0.05, 0) is 56.0 Å². The highest BCUT2D eigenvalue weighted by Crippen LogP contribution is 2.37. The van der Waals surface area contributed by atoms with E-state index >= 15 is 0 Å². The molecule has 2 aromatic heterocycles. The van der Waals surface area contributed by atoms with Crippen molar-refractivity contribution < 1.29 is 31.3 Å². The number of likely N-dealkylation sites (tertiary alicyclic amines) is 2. The summed E-state index contributed by atoms with van der Waals surface area (Å²) in [6.07, 6.45) is 1.93. The lowest BCUT2D eigenvalue weighted by molar-refractivity contribution is -0.385. The Labute approximate surface area is 267 Å². The molecule has 2 aliphatic heterocycles. The lowest BCUT2D eigenvalue weighted by Crippen LogP contribution is -2.55. The topological polar surface area (TPSA) is 176 Å². The van der Waals surface area contributed by atoms with Crippen LogP contribution in [0, 0.1) is 10.1 Å². The molecule has 0 radical (unpaired) electrons. The van der Waals surface area contributed by atoms with Gasteiger partial charge in [-0.15, -0.1) is 22.7 Å². The molecule has 0 aliphatic carbocycles. The minimum absolute atomic E-state index is 0.0606. The van der Waals surface area contributed by atoms with Crippen molar-refractivity contribution in [2.24, 2.45) is 0 Å². The summed E-state index contributed by atoms with van der Waals surface area (Å²) in [6.45, 7) is 0.278. The molecule has 3 aromatic rings. The Bertz CT molecular complexity index is 1790. The van der Waals surface area contributed by atoms with Gasteiger partial charge in [0.15, 0.2) is 0 Å². The van der Waals surface area contributed by atoms with Gasteiger partial charge in [-0.2, -0.15) is 4.72 Å². The van der Waals surface area contributed by atoms with Gasteiger partial charge in [0.25, 0.3) is 15.7 Å². The minimum Gasteiger partial charge on any atom is -0.337 e. The van der Waals surface area contributed by atoms with Crippen LogP contribution in [0.2, 0.25) is 4.34 Å². The van der Waals surface area contributed by atoms with Crippen molar-refractivity contribution in [3.8, 4) is 9.75 Å². The van der Waals surface area contributed by atoms with Crippen LogP contribution in [0.3, 0.4) is 0 Å². The lowest BCUT2D eigenvalue weighted by Gasteiger charge is -2.34. The Morgan fingerprint density at radius 1 is 1.00 bits per heavy atom. The molecule has 2 aliphatic rings. The Morgan fingerprint density at radius 3 is 2.45 bits per heavy atom. The lowest BCUT2D eigenvalue weighted by atomic mass is 10.1. The summed E-state index contributed by atoms with van der Waals surface area (Å²) in [7, 11) is -8.08. The number of nitro groups is 1. The second-order valence-electron chi connectivity index (χ2n) is 10.3. The van der Waals surface area contributed by atoms with E-state index in [1.807, 2.05) is 0 Å². The molecule has 2 atom stereocenters. The van der Waals surface area contributed by atoms with Gasteiger partial charge in [-0.1, -0.05) is 17.7 Å². The van der Waals surface area contributed by atoms with Gasteiger partial charge >= 0.3 is 0 Å². The highest BCUT2D eigenvalue weighted by atomic mass is 35.5. The molecule has 236 valence electrons. The van der Waals surface area contributed by atoms with E-state index in [9.17, 15) is 36.5 Å². The first-order valence-corrected chi connectivity index (χ1v) is 18.5. The first-order chi connectivity index (χ1) is 20.8. The molecule has 4 heterocycles. The van der Waals surface area contributed by atoms with Gasteiger partial charge < -0.3 is 9.80 Å². The van der Waals surface area contributed by atoms with Crippen molar-refractivity contribution in [3.63, 3.8) is 0 Å². The Morgan fingerprint density at radius 2 is 1.73 bits per heavy atom. The molecule has 0 saturated carbocycles. The third-order valence-electron chi connectivity index (χ3n) is 7.36. The van der Waals surface area contributed by atoms with Crippen molar-refractivity contribution in [2.45, 2.75) is 46.9 Å². The molecular weight excluding hydrogens is 674 g/mol. The highest BCUT2D eigenvalue weighted by Gasteiger charge is 2.36. The molecule has 18 heteroatoms. The molecule has 2 saturated heterocycles. The van der Waals surface area contributed by atoms with Crippen LogP contribution in [0.1, 0.15) is 25.7 Å². The quantitative estimate of drug-likeness (QED) is 0.226. The number of carbonyl (C=O) groups excluding carboxylic acids is 2. The molecule has 44 heavy (non-hydrogen) atoms. The molecule has 2 fully saturated rings. The zero-order chi connectivity index (χ0) is 31.6. The van der Waals surface area contributed by atoms with E-state index in [2.05, 4.69) is 9.44 Å². The largest absolute Gasteiger partial charge is 0.337 e. The number of sulfonamides is 2. The van der Waals surface area contributed by atoms with Gasteiger partial charge in [0.2, 0.25) is 21.8 Å². The first-order valence-electron chi connectivity index (χ1n) is 13.5. The predicted octanol–water partition coefficient (Wildman–Crippen LogP) is 3.28. The standard InChI is InChI=1S/C26H28ClN5O8S4/c27-23-10-8-21(41-23)22-9-11-25(42-22)44(39,40)29-20-7-3-12-30(26(20)34)16-24(33)31-13-2-5-18(31)15-28-43(37,38)19-6-1-4-17(14-19)32(35)36/h1,4,6,8-11,14,18,20,28-29H,2-3,5,7,12-13,15-16H2. The number of nitrogens with one attached hydrogen (secondary N) is 2. The first kappa shape index (κ1) is 32.5. The van der Waals surface area contributed by atoms with Crippen LogP contribution in [-0.4, -0.2) is 81.6 Å². The fraction of sp³-hybridized carbons (Fsp3) is 0.385. The van der Waals surface area contributed by atoms with E-state index < -0.39 is 43.0 Å².